The molecule has 0 spiro atoms. The van der Waals surface area contributed by atoms with Gasteiger partial charge in [-0.1, -0.05) is 6.92 Å². The van der Waals surface area contributed by atoms with E-state index in [4.69, 9.17) is 5.11 Å². The molecule has 2 amide bonds. The van der Waals surface area contributed by atoms with Crippen molar-refractivity contribution in [2.75, 3.05) is 43.0 Å². The zero-order valence-corrected chi connectivity index (χ0v) is 13.6. The molecule has 122 valence electrons. The summed E-state index contributed by atoms with van der Waals surface area (Å²) in [4.78, 5) is 16.3. The van der Waals surface area contributed by atoms with Crippen molar-refractivity contribution in [2.24, 2.45) is 0 Å². The van der Waals surface area contributed by atoms with Gasteiger partial charge in [-0.05, 0) is 49.9 Å². The number of hydrogen-bond donors (Lipinski definition) is 2. The molecular weight excluding hydrogens is 278 g/mol. The third-order valence-electron chi connectivity index (χ3n) is 4.07. The van der Waals surface area contributed by atoms with Crippen LogP contribution in [0.15, 0.2) is 18.2 Å². The number of nitrogens with zero attached hydrogens (tertiary/aromatic N) is 2. The van der Waals surface area contributed by atoms with E-state index in [1.165, 1.54) is 18.5 Å². The van der Waals surface area contributed by atoms with Crippen molar-refractivity contribution in [1.82, 2.24) is 4.90 Å². The van der Waals surface area contributed by atoms with Crippen LogP contribution in [0.4, 0.5) is 16.2 Å². The molecule has 1 aliphatic rings. The van der Waals surface area contributed by atoms with E-state index in [1.54, 1.807) is 4.90 Å². The van der Waals surface area contributed by atoms with Crippen molar-refractivity contribution in [2.45, 2.75) is 33.1 Å². The predicted octanol–water partition coefficient (Wildman–Crippen LogP) is 2.83. The molecule has 22 heavy (non-hydrogen) atoms. The number of nitrogens with one attached hydrogen (secondary N) is 1. The Balaban J connectivity index is 2.03. The van der Waals surface area contributed by atoms with Gasteiger partial charge in [-0.15, -0.1) is 0 Å². The zero-order valence-electron chi connectivity index (χ0n) is 13.6. The lowest BCUT2D eigenvalue weighted by molar-refractivity contribution is 0.188. The van der Waals surface area contributed by atoms with Gasteiger partial charge in [-0.3, -0.25) is 0 Å². The Labute approximate surface area is 132 Å². The lowest BCUT2D eigenvalue weighted by Gasteiger charge is -2.23. The Hall–Kier alpha value is -1.75. The molecule has 0 bridgehead atoms. The number of urea groups is 1. The maximum Gasteiger partial charge on any atom is 0.321 e. The van der Waals surface area contributed by atoms with Gasteiger partial charge in [0.25, 0.3) is 0 Å². The minimum Gasteiger partial charge on any atom is -0.395 e. The van der Waals surface area contributed by atoms with E-state index in [2.05, 4.69) is 22.3 Å². The molecule has 1 aromatic carbocycles. The maximum absolute atomic E-state index is 12.3. The molecule has 1 heterocycles. The number of hydrogen-bond acceptors (Lipinski definition) is 3. The smallest absolute Gasteiger partial charge is 0.321 e. The summed E-state index contributed by atoms with van der Waals surface area (Å²) in [6, 6.07) is 6.04. The van der Waals surface area contributed by atoms with Crippen LogP contribution in [0.3, 0.4) is 0 Å². The van der Waals surface area contributed by atoms with Crippen LogP contribution in [0, 0.1) is 6.92 Å². The van der Waals surface area contributed by atoms with Crippen molar-refractivity contribution < 1.29 is 9.90 Å². The lowest BCUT2D eigenvalue weighted by atomic mass is 10.1. The van der Waals surface area contributed by atoms with Crippen LogP contribution in [-0.2, 0) is 0 Å². The summed E-state index contributed by atoms with van der Waals surface area (Å²) < 4.78 is 0. The first kappa shape index (κ1) is 16.6. The first-order valence-corrected chi connectivity index (χ1v) is 8.18. The van der Waals surface area contributed by atoms with Crippen LogP contribution in [0.1, 0.15) is 31.7 Å². The zero-order chi connectivity index (χ0) is 15.9. The first-order chi connectivity index (χ1) is 10.7. The van der Waals surface area contributed by atoms with Gasteiger partial charge >= 0.3 is 6.03 Å². The third-order valence-corrected chi connectivity index (χ3v) is 4.07. The number of benzene rings is 1. The molecule has 1 aliphatic heterocycles. The molecule has 0 aromatic heterocycles. The quantitative estimate of drug-likeness (QED) is 0.849. The molecule has 0 saturated carbocycles. The van der Waals surface area contributed by atoms with Crippen LogP contribution in [0.25, 0.3) is 0 Å². The maximum atomic E-state index is 12.3. The SMILES string of the molecule is CCCN(CCO)C(=O)Nc1ccc(N2CCCC2)cc1C. The van der Waals surface area contributed by atoms with Gasteiger partial charge in [0.2, 0.25) is 0 Å². The van der Waals surface area contributed by atoms with Crippen LogP contribution >= 0.6 is 0 Å². The van der Waals surface area contributed by atoms with E-state index in [0.29, 0.717) is 13.1 Å². The summed E-state index contributed by atoms with van der Waals surface area (Å²) in [6.07, 6.45) is 3.38. The molecule has 2 N–H and O–H groups in total. The molecule has 1 saturated heterocycles. The first-order valence-electron chi connectivity index (χ1n) is 8.18. The van der Waals surface area contributed by atoms with Crippen molar-refractivity contribution >= 4 is 17.4 Å². The number of amides is 2. The fourth-order valence-electron chi connectivity index (χ4n) is 2.86. The van der Waals surface area contributed by atoms with Gasteiger partial charge < -0.3 is 20.2 Å². The number of aliphatic hydroxyl groups is 1. The van der Waals surface area contributed by atoms with Crippen molar-refractivity contribution in [3.8, 4) is 0 Å². The standard InChI is InChI=1S/C17H27N3O2/c1-3-8-20(11-12-21)17(22)18-16-7-6-15(13-14(16)2)19-9-4-5-10-19/h6-7,13,21H,3-5,8-12H2,1-2H3,(H,18,22). The monoisotopic (exact) mass is 305 g/mol. The second-order valence-electron chi connectivity index (χ2n) is 5.83. The van der Waals surface area contributed by atoms with Crippen molar-refractivity contribution in [3.05, 3.63) is 23.8 Å². The summed E-state index contributed by atoms with van der Waals surface area (Å²) in [6.45, 7) is 7.28. The van der Waals surface area contributed by atoms with Crippen LogP contribution in [0.2, 0.25) is 0 Å². The molecule has 0 aliphatic carbocycles. The van der Waals surface area contributed by atoms with Gasteiger partial charge in [-0.25, -0.2) is 4.79 Å². The molecule has 1 fully saturated rings. The summed E-state index contributed by atoms with van der Waals surface area (Å²) in [5.41, 5.74) is 3.14. The predicted molar refractivity (Wildman–Crippen MR) is 90.6 cm³/mol. The van der Waals surface area contributed by atoms with Crippen LogP contribution in [-0.4, -0.2) is 48.8 Å². The minimum atomic E-state index is -0.145. The highest BCUT2D eigenvalue weighted by atomic mass is 16.3. The number of carbonyl (C=O) groups excluding carboxylic acids is 1. The second kappa shape index (κ2) is 8.03. The second-order valence-corrected chi connectivity index (χ2v) is 5.83. The van der Waals surface area contributed by atoms with Gasteiger partial charge in [0, 0.05) is 37.6 Å². The van der Waals surface area contributed by atoms with Gasteiger partial charge in [0.05, 0.1) is 6.61 Å². The highest BCUT2D eigenvalue weighted by Gasteiger charge is 2.15. The molecule has 0 radical (unpaired) electrons. The molecular formula is C17H27N3O2. The van der Waals surface area contributed by atoms with E-state index < -0.39 is 0 Å². The van der Waals surface area contributed by atoms with Gasteiger partial charge in [0.15, 0.2) is 0 Å². The highest BCUT2D eigenvalue weighted by molar-refractivity contribution is 5.90. The van der Waals surface area contributed by atoms with E-state index >= 15 is 0 Å². The molecule has 2 rings (SSSR count). The Bertz CT molecular complexity index is 493. The number of aryl methyl sites for hydroxylation is 1. The Morgan fingerprint density at radius 2 is 2.05 bits per heavy atom. The van der Waals surface area contributed by atoms with E-state index in [0.717, 1.165) is 30.8 Å². The van der Waals surface area contributed by atoms with Gasteiger partial charge in [-0.2, -0.15) is 0 Å². The molecule has 0 unspecified atom stereocenters. The van der Waals surface area contributed by atoms with Crippen LogP contribution < -0.4 is 10.2 Å². The summed E-state index contributed by atoms with van der Waals surface area (Å²) in [7, 11) is 0. The topological polar surface area (TPSA) is 55.8 Å². The number of anilines is 2. The molecule has 5 heteroatoms. The van der Waals surface area contributed by atoms with Crippen molar-refractivity contribution in [3.63, 3.8) is 0 Å². The Morgan fingerprint density at radius 3 is 2.64 bits per heavy atom. The summed E-state index contributed by atoms with van der Waals surface area (Å²) >= 11 is 0. The minimum absolute atomic E-state index is 0.0136. The largest absolute Gasteiger partial charge is 0.395 e. The summed E-state index contributed by atoms with van der Waals surface area (Å²) in [5.74, 6) is 0. The number of rotatable bonds is 6. The average molecular weight is 305 g/mol. The fourth-order valence-corrected chi connectivity index (χ4v) is 2.86. The third kappa shape index (κ3) is 4.13. The Morgan fingerprint density at radius 1 is 1.32 bits per heavy atom. The van der Waals surface area contributed by atoms with Crippen LogP contribution in [0.5, 0.6) is 0 Å². The lowest BCUT2D eigenvalue weighted by Crippen LogP contribution is -2.37. The highest BCUT2D eigenvalue weighted by Crippen LogP contribution is 2.25. The molecule has 0 atom stereocenters. The van der Waals surface area contributed by atoms with Crippen molar-refractivity contribution in [1.29, 1.82) is 0 Å². The molecule has 1 aromatic rings. The Kier molecular flexibility index (Phi) is 6.07. The number of aliphatic hydroxyl groups excluding tert-OH is 1. The summed E-state index contributed by atoms with van der Waals surface area (Å²) in [5, 5.41) is 12.0. The normalized spacial score (nSPS) is 14.2. The van der Waals surface area contributed by atoms with E-state index in [-0.39, 0.29) is 12.6 Å². The fraction of sp³-hybridized carbons (Fsp3) is 0.588. The molecule has 5 nitrogen and oxygen atoms in total. The number of carbonyl (C=O) groups is 1. The van der Waals surface area contributed by atoms with E-state index in [1.807, 2.05) is 19.9 Å². The average Bonchev–Trinajstić information content (AvgIpc) is 3.03. The van der Waals surface area contributed by atoms with Gasteiger partial charge in [0.1, 0.15) is 0 Å². The van der Waals surface area contributed by atoms with E-state index in [9.17, 15) is 4.79 Å².